The number of nitroso groups, excluding NO2 is 1. The van der Waals surface area contributed by atoms with E-state index in [1.165, 1.54) is 31.7 Å². The highest BCUT2D eigenvalue weighted by atomic mass is 16.5. The number of benzene rings is 1. The fourth-order valence-electron chi connectivity index (χ4n) is 3.70. The standard InChI is InChI=1S/C17H23BN4O4.C4H8/c1-12(11-22-8-3-6-19-7-9-22)20-15-10-13-4-2-5-14(17(23)24)16(13)26-18(15)21-25;1-2-4-3-1/h2,4-5,15,19-20H,1,3,6-11H2,(H,23,24);1-4H2. The number of para-hydroxylation sites is 1. The molecule has 1 aromatic carbocycles. The summed E-state index contributed by atoms with van der Waals surface area (Å²) in [5, 5.41) is 18.9. The van der Waals surface area contributed by atoms with E-state index < -0.39 is 13.0 Å². The van der Waals surface area contributed by atoms with Gasteiger partial charge in [0.2, 0.25) is 0 Å². The van der Waals surface area contributed by atoms with Gasteiger partial charge in [0.1, 0.15) is 5.75 Å². The Morgan fingerprint density at radius 1 is 1.27 bits per heavy atom. The zero-order chi connectivity index (χ0) is 21.3. The SMILES string of the molecule is C1CCC1.C=C(CN1CCCNCC1)NC1Cc2cccc(C(=O)O)c2OB1N=O. The Bertz CT molecular complexity index is 745. The molecule has 9 heteroatoms. The van der Waals surface area contributed by atoms with Crippen molar-refractivity contribution in [1.82, 2.24) is 15.5 Å². The van der Waals surface area contributed by atoms with Crippen LogP contribution in [-0.2, 0) is 6.42 Å². The van der Waals surface area contributed by atoms with Crippen LogP contribution >= 0.6 is 0 Å². The lowest BCUT2D eigenvalue weighted by atomic mass is 9.68. The molecule has 1 atom stereocenters. The molecule has 2 aliphatic heterocycles. The summed E-state index contributed by atoms with van der Waals surface area (Å²) in [6, 6.07) is 4.94. The predicted molar refractivity (Wildman–Crippen MR) is 118 cm³/mol. The van der Waals surface area contributed by atoms with Crippen molar-refractivity contribution in [3.05, 3.63) is 46.5 Å². The van der Waals surface area contributed by atoms with Crippen LogP contribution in [0.1, 0.15) is 48.0 Å². The second kappa shape index (κ2) is 11.1. The maximum absolute atomic E-state index is 11.3. The Morgan fingerprint density at radius 3 is 2.70 bits per heavy atom. The average Bonchev–Trinajstić information content (AvgIpc) is 2.94. The maximum Gasteiger partial charge on any atom is 0.570 e. The van der Waals surface area contributed by atoms with Crippen molar-refractivity contribution in [3.8, 4) is 5.75 Å². The van der Waals surface area contributed by atoms with E-state index in [0.29, 0.717) is 13.0 Å². The molecule has 1 saturated heterocycles. The molecular formula is C21H31BN4O4. The maximum atomic E-state index is 11.3. The third kappa shape index (κ3) is 6.06. The monoisotopic (exact) mass is 414 g/mol. The number of nitrogens with one attached hydrogen (secondary N) is 2. The number of nitrogens with zero attached hydrogens (tertiary/aromatic N) is 2. The summed E-state index contributed by atoms with van der Waals surface area (Å²) in [7, 11) is -0.995. The lowest BCUT2D eigenvalue weighted by molar-refractivity contribution is 0.0694. The first-order valence-electron chi connectivity index (χ1n) is 10.8. The number of carbonyl (C=O) groups is 1. The number of carboxylic acids is 1. The van der Waals surface area contributed by atoms with E-state index in [2.05, 4.69) is 27.2 Å². The van der Waals surface area contributed by atoms with E-state index in [1.54, 1.807) is 12.1 Å². The molecule has 0 amide bonds. The van der Waals surface area contributed by atoms with Crippen LogP contribution in [0.25, 0.3) is 0 Å². The van der Waals surface area contributed by atoms with Crippen LogP contribution < -0.4 is 15.3 Å². The van der Waals surface area contributed by atoms with Crippen molar-refractivity contribution in [3.63, 3.8) is 0 Å². The Labute approximate surface area is 178 Å². The highest BCUT2D eigenvalue weighted by molar-refractivity contribution is 6.53. The first-order chi connectivity index (χ1) is 14.6. The summed E-state index contributed by atoms with van der Waals surface area (Å²) in [5.74, 6) is -1.23. The zero-order valence-electron chi connectivity index (χ0n) is 17.4. The summed E-state index contributed by atoms with van der Waals surface area (Å²) < 4.78 is 5.61. The summed E-state index contributed by atoms with van der Waals surface area (Å²) in [5.41, 5.74) is 1.59. The molecule has 8 nitrogen and oxygen atoms in total. The Hall–Kier alpha value is -2.39. The molecule has 3 aliphatic rings. The molecule has 30 heavy (non-hydrogen) atoms. The zero-order valence-corrected chi connectivity index (χ0v) is 17.4. The van der Waals surface area contributed by atoms with E-state index in [0.717, 1.165) is 43.9 Å². The molecule has 0 spiro atoms. The van der Waals surface area contributed by atoms with Crippen molar-refractivity contribution < 1.29 is 14.6 Å². The molecule has 0 radical (unpaired) electrons. The van der Waals surface area contributed by atoms with Gasteiger partial charge in [-0.25, -0.2) is 4.79 Å². The van der Waals surface area contributed by atoms with Gasteiger partial charge in [0.15, 0.2) is 0 Å². The smallest absolute Gasteiger partial charge is 0.536 e. The van der Waals surface area contributed by atoms with Gasteiger partial charge in [0.25, 0.3) is 0 Å². The van der Waals surface area contributed by atoms with Gasteiger partial charge in [-0.1, -0.05) is 49.5 Å². The topological polar surface area (TPSA) is 103 Å². The number of rotatable bonds is 6. The Morgan fingerprint density at radius 2 is 2.03 bits per heavy atom. The van der Waals surface area contributed by atoms with Crippen LogP contribution in [-0.4, -0.2) is 61.7 Å². The molecule has 1 aliphatic carbocycles. The number of carboxylic acid groups (broad SMARTS) is 1. The molecule has 0 aromatic heterocycles. The average molecular weight is 414 g/mol. The van der Waals surface area contributed by atoms with Crippen molar-refractivity contribution in [2.24, 2.45) is 5.09 Å². The van der Waals surface area contributed by atoms with Gasteiger partial charge in [-0.2, -0.15) is 4.91 Å². The van der Waals surface area contributed by atoms with Gasteiger partial charge < -0.3 is 20.4 Å². The minimum Gasteiger partial charge on any atom is -0.536 e. The normalized spacial score (nSPS) is 20.9. The highest BCUT2D eigenvalue weighted by Gasteiger charge is 2.39. The quantitative estimate of drug-likeness (QED) is 0.485. The number of aromatic carboxylic acids is 1. The molecule has 1 unspecified atom stereocenters. The third-order valence-electron chi connectivity index (χ3n) is 5.69. The number of hydrogen-bond donors (Lipinski definition) is 3. The van der Waals surface area contributed by atoms with Gasteiger partial charge in [-0.05, 0) is 37.6 Å². The van der Waals surface area contributed by atoms with E-state index in [9.17, 15) is 14.8 Å². The third-order valence-corrected chi connectivity index (χ3v) is 5.69. The van der Waals surface area contributed by atoms with Gasteiger partial charge in [0.05, 0.1) is 11.5 Å². The van der Waals surface area contributed by atoms with Crippen LogP contribution in [0, 0.1) is 4.91 Å². The second-order valence-electron chi connectivity index (χ2n) is 8.07. The van der Waals surface area contributed by atoms with Crippen LogP contribution in [0.5, 0.6) is 5.75 Å². The van der Waals surface area contributed by atoms with Crippen molar-refractivity contribution in [2.75, 3.05) is 32.7 Å². The van der Waals surface area contributed by atoms with E-state index in [-0.39, 0.29) is 17.3 Å². The summed E-state index contributed by atoms with van der Waals surface area (Å²) in [6.07, 6.45) is 7.54. The minimum absolute atomic E-state index is 0.0468. The lowest BCUT2D eigenvalue weighted by Gasteiger charge is -2.30. The molecule has 1 saturated carbocycles. The highest BCUT2D eigenvalue weighted by Crippen LogP contribution is 2.31. The molecular weight excluding hydrogens is 383 g/mol. The lowest BCUT2D eigenvalue weighted by Crippen LogP contribution is -2.50. The molecule has 3 N–H and O–H groups in total. The van der Waals surface area contributed by atoms with Crippen molar-refractivity contribution in [2.45, 2.75) is 44.5 Å². The first-order valence-corrected chi connectivity index (χ1v) is 10.8. The molecule has 0 bridgehead atoms. The van der Waals surface area contributed by atoms with Gasteiger partial charge >= 0.3 is 13.0 Å². The first kappa shape index (κ1) is 22.3. The van der Waals surface area contributed by atoms with E-state index >= 15 is 0 Å². The molecule has 2 heterocycles. The molecule has 162 valence electrons. The van der Waals surface area contributed by atoms with Crippen LogP contribution in [0.3, 0.4) is 0 Å². The summed E-state index contributed by atoms with van der Waals surface area (Å²) in [4.78, 5) is 24.9. The molecule has 1 aromatic rings. The number of fused-ring (bicyclic) bond motifs is 1. The van der Waals surface area contributed by atoms with E-state index in [4.69, 9.17) is 4.65 Å². The van der Waals surface area contributed by atoms with Crippen molar-refractivity contribution in [1.29, 1.82) is 0 Å². The van der Waals surface area contributed by atoms with Crippen LogP contribution in [0.4, 0.5) is 0 Å². The number of hydrogen-bond acceptors (Lipinski definition) is 7. The van der Waals surface area contributed by atoms with Gasteiger partial charge in [-0.3, -0.25) is 4.90 Å². The largest absolute Gasteiger partial charge is 0.570 e. The summed E-state index contributed by atoms with van der Waals surface area (Å²) >= 11 is 0. The van der Waals surface area contributed by atoms with E-state index in [1.807, 2.05) is 0 Å². The fourth-order valence-corrected chi connectivity index (χ4v) is 3.70. The predicted octanol–water partition coefficient (Wildman–Crippen LogP) is 2.44. The minimum atomic E-state index is -1.09. The van der Waals surface area contributed by atoms with Crippen LogP contribution in [0.15, 0.2) is 35.6 Å². The van der Waals surface area contributed by atoms with Gasteiger partial charge in [0, 0.05) is 25.3 Å². The van der Waals surface area contributed by atoms with Crippen molar-refractivity contribution >= 4 is 13.0 Å². The van der Waals surface area contributed by atoms with Crippen LogP contribution in [0.2, 0.25) is 0 Å². The fraction of sp³-hybridized carbons (Fsp3) is 0.571. The Kier molecular flexibility index (Phi) is 8.27. The molecule has 2 fully saturated rings. The summed E-state index contributed by atoms with van der Waals surface area (Å²) in [6.45, 7) is 8.67. The second-order valence-corrected chi connectivity index (χ2v) is 8.07. The van der Waals surface area contributed by atoms with Gasteiger partial charge in [-0.15, -0.1) is 0 Å². The Balaban J connectivity index is 0.000000572. The molecule has 4 rings (SSSR count).